The van der Waals surface area contributed by atoms with Gasteiger partial charge in [-0.25, -0.2) is 4.79 Å². The first kappa shape index (κ1) is 31.7. The number of carbonyl (C=O) groups excluding carboxylic acids is 3. The number of nitrogens with two attached hydrogens (primary N) is 1. The van der Waals surface area contributed by atoms with Crippen molar-refractivity contribution in [1.82, 2.24) is 24.9 Å². The number of hydrogen-bond donors (Lipinski definition) is 3. The Morgan fingerprint density at radius 3 is 2.44 bits per heavy atom. The van der Waals surface area contributed by atoms with Crippen LogP contribution in [0.25, 0.3) is 0 Å². The molecule has 240 valence electrons. The molecule has 1 atom stereocenters. The topological polar surface area (TPSA) is 114 Å². The predicted octanol–water partition coefficient (Wildman–Crippen LogP) is 3.45. The van der Waals surface area contributed by atoms with Gasteiger partial charge in [-0.2, -0.15) is 0 Å². The summed E-state index contributed by atoms with van der Waals surface area (Å²) in [5.41, 5.74) is 8.60. The summed E-state index contributed by atoms with van der Waals surface area (Å²) in [6.45, 7) is 7.17. The van der Waals surface area contributed by atoms with Gasteiger partial charge in [-0.3, -0.25) is 14.5 Å². The molecule has 4 N–H and O–H groups in total. The maximum atomic E-state index is 14.1. The zero-order valence-corrected chi connectivity index (χ0v) is 27.2. The smallest absolute Gasteiger partial charge is 0.322 e. The molecule has 1 aromatic carbocycles. The molecule has 5 heterocycles. The van der Waals surface area contributed by atoms with Gasteiger partial charge in [-0.05, 0) is 61.2 Å². The number of amides is 4. The van der Waals surface area contributed by atoms with Gasteiger partial charge in [0.05, 0.1) is 28.9 Å². The van der Waals surface area contributed by atoms with E-state index in [9.17, 15) is 14.4 Å². The van der Waals surface area contributed by atoms with Crippen molar-refractivity contribution in [1.29, 1.82) is 0 Å². The normalized spacial score (nSPS) is 20.8. The maximum absolute atomic E-state index is 14.1. The molecule has 0 radical (unpaired) electrons. The van der Waals surface area contributed by atoms with E-state index in [4.69, 9.17) is 23.8 Å². The van der Waals surface area contributed by atoms with Crippen molar-refractivity contribution < 1.29 is 14.4 Å². The Morgan fingerprint density at radius 1 is 1.04 bits per heavy atom. The molecule has 0 aliphatic carbocycles. The first-order chi connectivity index (χ1) is 21.8. The van der Waals surface area contributed by atoms with Crippen molar-refractivity contribution in [3.8, 4) is 12.3 Å². The summed E-state index contributed by atoms with van der Waals surface area (Å²) in [6.07, 6.45) is 9.42. The van der Waals surface area contributed by atoms with Gasteiger partial charge in [0.15, 0.2) is 0 Å². The standard InChI is InChI=1S/C33H42ClN7O3S/c1-2-23-17-22(19-27(34)31(23)35)18-24(32(43)40-12-3-25(4-13-40)38-14-8-36-9-15-38)20-30(42)39-10-5-26(6-11-39)41-21-29-28(7-16-45-29)37-33(41)44/h1,7,16-17,19,24-26,36H,3-6,8-15,18,20-21,35H2,(H,37,44)/t24-/m0/s1. The van der Waals surface area contributed by atoms with Gasteiger partial charge in [0.1, 0.15) is 0 Å². The molecule has 4 aliphatic rings. The van der Waals surface area contributed by atoms with Gasteiger partial charge in [-0.1, -0.05) is 17.5 Å². The minimum absolute atomic E-state index is 0.00365. The van der Waals surface area contributed by atoms with Gasteiger partial charge >= 0.3 is 6.03 Å². The monoisotopic (exact) mass is 651 g/mol. The number of fused-ring (bicyclic) bond motifs is 1. The molecule has 3 fully saturated rings. The molecule has 12 heteroatoms. The van der Waals surface area contributed by atoms with Gasteiger partial charge in [0.2, 0.25) is 11.8 Å². The van der Waals surface area contributed by atoms with Crippen LogP contribution in [0.2, 0.25) is 5.02 Å². The van der Waals surface area contributed by atoms with Crippen LogP contribution >= 0.6 is 22.9 Å². The van der Waals surface area contributed by atoms with Crippen molar-refractivity contribution in [3.63, 3.8) is 0 Å². The highest BCUT2D eigenvalue weighted by Crippen LogP contribution is 2.32. The number of carbonyl (C=O) groups is 3. The maximum Gasteiger partial charge on any atom is 0.322 e. The van der Waals surface area contributed by atoms with Crippen molar-refractivity contribution in [2.75, 3.05) is 63.4 Å². The molecule has 4 aliphatic heterocycles. The molecule has 4 amide bonds. The van der Waals surface area contributed by atoms with Crippen molar-refractivity contribution in [2.24, 2.45) is 5.92 Å². The molecule has 0 spiro atoms. The lowest BCUT2D eigenvalue weighted by atomic mass is 9.91. The number of piperidine rings is 2. The van der Waals surface area contributed by atoms with Crippen LogP contribution < -0.4 is 16.4 Å². The zero-order chi connectivity index (χ0) is 31.5. The molecule has 0 unspecified atom stereocenters. The Kier molecular flexibility index (Phi) is 9.85. The number of terminal acetylenes is 1. The Balaban J connectivity index is 1.11. The number of rotatable bonds is 7. The molecule has 3 saturated heterocycles. The fourth-order valence-corrected chi connectivity index (χ4v) is 8.32. The molecule has 2 aromatic rings. The van der Waals surface area contributed by atoms with E-state index in [1.165, 1.54) is 0 Å². The van der Waals surface area contributed by atoms with Crippen molar-refractivity contribution in [3.05, 3.63) is 44.6 Å². The first-order valence-electron chi connectivity index (χ1n) is 16.0. The Labute approximate surface area is 274 Å². The van der Waals surface area contributed by atoms with E-state index in [2.05, 4.69) is 21.5 Å². The first-order valence-corrected chi connectivity index (χ1v) is 17.3. The number of thiophene rings is 1. The number of likely N-dealkylation sites (tertiary alicyclic amines) is 2. The fraction of sp³-hybridized carbons (Fsp3) is 0.545. The van der Waals surface area contributed by atoms with E-state index in [1.54, 1.807) is 23.5 Å². The predicted molar refractivity (Wildman–Crippen MR) is 178 cm³/mol. The second-order valence-corrected chi connectivity index (χ2v) is 14.0. The summed E-state index contributed by atoms with van der Waals surface area (Å²) in [4.78, 5) is 50.0. The van der Waals surface area contributed by atoms with E-state index in [1.807, 2.05) is 26.1 Å². The number of halogens is 1. The molecule has 0 saturated carbocycles. The third-order valence-corrected chi connectivity index (χ3v) is 11.1. The third-order valence-electron chi connectivity index (χ3n) is 9.86. The fourth-order valence-electron chi connectivity index (χ4n) is 7.25. The van der Waals surface area contributed by atoms with Crippen LogP contribution in [0.3, 0.4) is 0 Å². The molecule has 0 bridgehead atoms. The van der Waals surface area contributed by atoms with Crippen LogP contribution in [0.15, 0.2) is 23.6 Å². The highest BCUT2D eigenvalue weighted by molar-refractivity contribution is 7.10. The molecular weight excluding hydrogens is 610 g/mol. The average molecular weight is 652 g/mol. The summed E-state index contributed by atoms with van der Waals surface area (Å²) in [5.74, 6) is 2.01. The zero-order valence-electron chi connectivity index (χ0n) is 25.6. The average Bonchev–Trinajstić information content (AvgIpc) is 3.53. The Morgan fingerprint density at radius 2 is 1.73 bits per heavy atom. The van der Waals surface area contributed by atoms with E-state index in [-0.39, 0.29) is 30.3 Å². The highest BCUT2D eigenvalue weighted by Gasteiger charge is 2.36. The number of benzene rings is 1. The number of hydrogen-bond acceptors (Lipinski definition) is 7. The van der Waals surface area contributed by atoms with Crippen LogP contribution in [0.5, 0.6) is 0 Å². The highest BCUT2D eigenvalue weighted by atomic mass is 35.5. The summed E-state index contributed by atoms with van der Waals surface area (Å²) in [6, 6.07) is 5.97. The van der Waals surface area contributed by atoms with E-state index in [0.29, 0.717) is 74.3 Å². The Bertz CT molecular complexity index is 1450. The number of anilines is 2. The summed E-state index contributed by atoms with van der Waals surface area (Å²) >= 11 is 8.05. The second kappa shape index (κ2) is 14.0. The molecule has 45 heavy (non-hydrogen) atoms. The van der Waals surface area contributed by atoms with E-state index < -0.39 is 5.92 Å². The number of nitrogens with one attached hydrogen (secondary N) is 2. The lowest BCUT2D eigenvalue weighted by molar-refractivity contribution is -0.143. The van der Waals surface area contributed by atoms with Gasteiger partial charge in [0.25, 0.3) is 0 Å². The molecular formula is C33H42ClN7O3S. The summed E-state index contributed by atoms with van der Waals surface area (Å²) < 4.78 is 0. The minimum atomic E-state index is -0.540. The largest absolute Gasteiger partial charge is 0.397 e. The van der Waals surface area contributed by atoms with Gasteiger partial charge < -0.3 is 31.1 Å². The van der Waals surface area contributed by atoms with E-state index in [0.717, 1.165) is 55.1 Å². The van der Waals surface area contributed by atoms with Gasteiger partial charge in [0, 0.05) is 81.3 Å². The van der Waals surface area contributed by atoms with Crippen LogP contribution in [-0.4, -0.2) is 102 Å². The number of urea groups is 1. The van der Waals surface area contributed by atoms with Crippen LogP contribution in [0.1, 0.15) is 48.1 Å². The van der Waals surface area contributed by atoms with Crippen LogP contribution in [-0.2, 0) is 22.6 Å². The van der Waals surface area contributed by atoms with E-state index >= 15 is 0 Å². The summed E-state index contributed by atoms with van der Waals surface area (Å²) in [5, 5.41) is 8.75. The molecule has 1 aromatic heterocycles. The van der Waals surface area contributed by atoms with Gasteiger partial charge in [-0.15, -0.1) is 17.8 Å². The van der Waals surface area contributed by atoms with Crippen LogP contribution in [0.4, 0.5) is 16.2 Å². The Hall–Kier alpha value is -3.30. The minimum Gasteiger partial charge on any atom is -0.397 e. The SMILES string of the molecule is C#Cc1cc(C[C@@H](CC(=O)N2CCC(N3Cc4sccc4NC3=O)CC2)C(=O)N2CCC(N3CCNCC3)CC2)cc(Cl)c1N. The second-order valence-electron chi connectivity index (χ2n) is 12.6. The number of nitrogen functional groups attached to an aromatic ring is 1. The summed E-state index contributed by atoms with van der Waals surface area (Å²) in [7, 11) is 0. The molecule has 10 nitrogen and oxygen atoms in total. The quantitative estimate of drug-likeness (QED) is 0.312. The van der Waals surface area contributed by atoms with Crippen molar-refractivity contribution in [2.45, 2.75) is 57.2 Å². The molecule has 6 rings (SSSR count). The van der Waals surface area contributed by atoms with Crippen LogP contribution in [0, 0.1) is 18.3 Å². The number of piperazine rings is 1. The lowest BCUT2D eigenvalue weighted by Gasteiger charge is -2.41. The lowest BCUT2D eigenvalue weighted by Crippen LogP contribution is -2.53. The third kappa shape index (κ3) is 7.09. The van der Waals surface area contributed by atoms with Crippen molar-refractivity contribution >= 4 is 52.2 Å². The number of nitrogens with zero attached hydrogens (tertiary/aromatic N) is 4.